The topological polar surface area (TPSA) is 47.3 Å². The summed E-state index contributed by atoms with van der Waals surface area (Å²) < 4.78 is 5.80. The standard InChI is InChI=1S/C19H22O3/c1-3-18(20)17(19(21)4-2)13-16-11-10-15(22-16)12-14-8-6-5-7-9-14/h5-11,17H,3-4,12-13H2,1-2H3. The molecule has 0 saturated carbocycles. The van der Waals surface area contributed by atoms with Crippen LogP contribution in [-0.2, 0) is 22.4 Å². The second-order valence-electron chi connectivity index (χ2n) is 5.43. The van der Waals surface area contributed by atoms with E-state index in [0.717, 1.165) is 12.2 Å². The van der Waals surface area contributed by atoms with Crippen molar-refractivity contribution < 1.29 is 14.0 Å². The number of carbonyl (C=O) groups is 2. The molecule has 22 heavy (non-hydrogen) atoms. The molecular weight excluding hydrogens is 276 g/mol. The Labute approximate surface area is 131 Å². The largest absolute Gasteiger partial charge is 0.466 e. The minimum Gasteiger partial charge on any atom is -0.466 e. The van der Waals surface area contributed by atoms with E-state index in [0.29, 0.717) is 25.0 Å². The molecular formula is C19H22O3. The molecule has 0 aliphatic carbocycles. The molecule has 0 aliphatic heterocycles. The van der Waals surface area contributed by atoms with Gasteiger partial charge in [-0.1, -0.05) is 44.2 Å². The number of carbonyl (C=O) groups excluding carboxylic acids is 2. The average molecular weight is 298 g/mol. The minimum absolute atomic E-state index is 0.00661. The first kappa shape index (κ1) is 16.2. The van der Waals surface area contributed by atoms with E-state index < -0.39 is 5.92 Å². The van der Waals surface area contributed by atoms with E-state index in [1.807, 2.05) is 42.5 Å². The van der Waals surface area contributed by atoms with Gasteiger partial charge in [-0.15, -0.1) is 0 Å². The molecule has 3 heteroatoms. The molecule has 116 valence electrons. The number of hydrogen-bond donors (Lipinski definition) is 0. The number of rotatable bonds is 8. The molecule has 0 fully saturated rings. The van der Waals surface area contributed by atoms with Crippen LogP contribution in [0.3, 0.4) is 0 Å². The third-order valence-electron chi connectivity index (χ3n) is 3.82. The van der Waals surface area contributed by atoms with Crippen molar-refractivity contribution >= 4 is 11.6 Å². The van der Waals surface area contributed by atoms with Crippen LogP contribution in [0, 0.1) is 5.92 Å². The Hall–Kier alpha value is -2.16. The zero-order chi connectivity index (χ0) is 15.9. The molecule has 0 atom stereocenters. The van der Waals surface area contributed by atoms with Crippen LogP contribution in [0.25, 0.3) is 0 Å². The lowest BCUT2D eigenvalue weighted by atomic mass is 9.91. The monoisotopic (exact) mass is 298 g/mol. The Morgan fingerprint density at radius 1 is 0.909 bits per heavy atom. The SMILES string of the molecule is CCC(=O)C(Cc1ccc(Cc2ccccc2)o1)C(=O)CC. The maximum Gasteiger partial charge on any atom is 0.143 e. The molecule has 1 aromatic heterocycles. The highest BCUT2D eigenvalue weighted by molar-refractivity contribution is 6.02. The molecule has 1 heterocycles. The van der Waals surface area contributed by atoms with Gasteiger partial charge in [-0.3, -0.25) is 9.59 Å². The van der Waals surface area contributed by atoms with Crippen LogP contribution >= 0.6 is 0 Å². The van der Waals surface area contributed by atoms with Gasteiger partial charge in [0.2, 0.25) is 0 Å². The lowest BCUT2D eigenvalue weighted by Crippen LogP contribution is -2.25. The van der Waals surface area contributed by atoms with Crippen LogP contribution in [-0.4, -0.2) is 11.6 Å². The van der Waals surface area contributed by atoms with Crippen molar-refractivity contribution in [3.05, 3.63) is 59.5 Å². The summed E-state index contributed by atoms with van der Waals surface area (Å²) in [7, 11) is 0. The fraction of sp³-hybridized carbons (Fsp3) is 0.368. The Morgan fingerprint density at radius 3 is 2.09 bits per heavy atom. The molecule has 3 nitrogen and oxygen atoms in total. The number of benzene rings is 1. The number of furan rings is 1. The fourth-order valence-corrected chi connectivity index (χ4v) is 2.53. The summed E-state index contributed by atoms with van der Waals surface area (Å²) in [4.78, 5) is 23.9. The molecule has 0 unspecified atom stereocenters. The zero-order valence-corrected chi connectivity index (χ0v) is 13.2. The second-order valence-corrected chi connectivity index (χ2v) is 5.43. The van der Waals surface area contributed by atoms with Gasteiger partial charge in [-0.25, -0.2) is 0 Å². The highest BCUT2D eigenvalue weighted by Gasteiger charge is 2.25. The van der Waals surface area contributed by atoms with Crippen LogP contribution in [0.4, 0.5) is 0 Å². The third-order valence-corrected chi connectivity index (χ3v) is 3.82. The van der Waals surface area contributed by atoms with E-state index in [4.69, 9.17) is 4.42 Å². The maximum absolute atomic E-state index is 12.0. The van der Waals surface area contributed by atoms with E-state index in [-0.39, 0.29) is 11.6 Å². The van der Waals surface area contributed by atoms with Gasteiger partial charge in [-0.2, -0.15) is 0 Å². The number of ketones is 2. The van der Waals surface area contributed by atoms with Crippen LogP contribution in [0.2, 0.25) is 0 Å². The van der Waals surface area contributed by atoms with Crippen molar-refractivity contribution in [1.82, 2.24) is 0 Å². The normalized spacial score (nSPS) is 10.9. The van der Waals surface area contributed by atoms with Gasteiger partial charge in [0.25, 0.3) is 0 Å². The van der Waals surface area contributed by atoms with E-state index in [1.54, 1.807) is 13.8 Å². The van der Waals surface area contributed by atoms with E-state index in [9.17, 15) is 9.59 Å². The van der Waals surface area contributed by atoms with Crippen molar-refractivity contribution in [3.8, 4) is 0 Å². The average Bonchev–Trinajstić information content (AvgIpc) is 2.99. The van der Waals surface area contributed by atoms with Gasteiger partial charge in [0.1, 0.15) is 23.1 Å². The van der Waals surface area contributed by atoms with Gasteiger partial charge in [0, 0.05) is 25.7 Å². The molecule has 0 aliphatic rings. The molecule has 1 aromatic carbocycles. The van der Waals surface area contributed by atoms with Crippen molar-refractivity contribution in [2.24, 2.45) is 5.92 Å². The minimum atomic E-state index is -0.564. The number of hydrogen-bond acceptors (Lipinski definition) is 3. The van der Waals surface area contributed by atoms with Gasteiger partial charge < -0.3 is 4.42 Å². The van der Waals surface area contributed by atoms with Crippen LogP contribution < -0.4 is 0 Å². The number of Topliss-reactive ketones (excluding diaryl/α,β-unsaturated/α-hetero) is 2. The summed E-state index contributed by atoms with van der Waals surface area (Å²) in [5, 5.41) is 0. The fourth-order valence-electron chi connectivity index (χ4n) is 2.53. The molecule has 2 rings (SSSR count). The summed E-state index contributed by atoms with van der Waals surface area (Å²) in [6.07, 6.45) is 1.85. The van der Waals surface area contributed by atoms with Crippen molar-refractivity contribution in [3.63, 3.8) is 0 Å². The lowest BCUT2D eigenvalue weighted by molar-refractivity contribution is -0.132. The van der Waals surface area contributed by atoms with Gasteiger partial charge in [-0.05, 0) is 17.7 Å². The molecule has 0 bridgehead atoms. The van der Waals surface area contributed by atoms with Crippen molar-refractivity contribution in [2.75, 3.05) is 0 Å². The Bertz CT molecular complexity index is 609. The van der Waals surface area contributed by atoms with E-state index in [2.05, 4.69) is 0 Å². The van der Waals surface area contributed by atoms with Gasteiger partial charge in [0.15, 0.2) is 0 Å². The third kappa shape index (κ3) is 4.17. The highest BCUT2D eigenvalue weighted by atomic mass is 16.3. The van der Waals surface area contributed by atoms with Crippen molar-refractivity contribution in [2.45, 2.75) is 39.5 Å². The van der Waals surface area contributed by atoms with Crippen LogP contribution in [0.1, 0.15) is 43.8 Å². The summed E-state index contributed by atoms with van der Waals surface area (Å²) in [5.74, 6) is 0.985. The molecule has 2 aromatic rings. The highest BCUT2D eigenvalue weighted by Crippen LogP contribution is 2.19. The first-order valence-electron chi connectivity index (χ1n) is 7.81. The van der Waals surface area contributed by atoms with Gasteiger partial charge >= 0.3 is 0 Å². The smallest absolute Gasteiger partial charge is 0.143 e. The Morgan fingerprint density at radius 2 is 1.50 bits per heavy atom. The van der Waals surface area contributed by atoms with Crippen molar-refractivity contribution in [1.29, 1.82) is 0 Å². The Balaban J connectivity index is 2.07. The maximum atomic E-state index is 12.0. The predicted molar refractivity (Wildman–Crippen MR) is 85.7 cm³/mol. The van der Waals surface area contributed by atoms with Gasteiger partial charge in [0.05, 0.1) is 5.92 Å². The summed E-state index contributed by atoms with van der Waals surface area (Å²) in [6.45, 7) is 3.59. The van der Waals surface area contributed by atoms with Crippen LogP contribution in [0.15, 0.2) is 46.9 Å². The lowest BCUT2D eigenvalue weighted by Gasteiger charge is -2.11. The summed E-state index contributed by atoms with van der Waals surface area (Å²) in [5.41, 5.74) is 1.18. The van der Waals surface area contributed by atoms with E-state index in [1.165, 1.54) is 5.56 Å². The summed E-state index contributed by atoms with van der Waals surface area (Å²) in [6, 6.07) is 13.9. The first-order chi connectivity index (χ1) is 10.6. The summed E-state index contributed by atoms with van der Waals surface area (Å²) >= 11 is 0. The predicted octanol–water partition coefficient (Wildman–Crippen LogP) is 3.99. The van der Waals surface area contributed by atoms with E-state index >= 15 is 0 Å². The molecule has 0 spiro atoms. The quantitative estimate of drug-likeness (QED) is 0.692. The molecule has 0 radical (unpaired) electrons. The first-order valence-corrected chi connectivity index (χ1v) is 7.81. The molecule has 0 amide bonds. The molecule has 0 N–H and O–H groups in total. The zero-order valence-electron chi connectivity index (χ0n) is 13.2. The molecule has 0 saturated heterocycles. The van der Waals surface area contributed by atoms with Crippen LogP contribution in [0.5, 0.6) is 0 Å². The second kappa shape index (κ2) is 7.74. The Kier molecular flexibility index (Phi) is 5.70.